The Balaban J connectivity index is 1.72. The van der Waals surface area contributed by atoms with Crippen molar-refractivity contribution in [3.8, 4) is 0 Å². The van der Waals surface area contributed by atoms with Gasteiger partial charge in [-0.3, -0.25) is 4.90 Å². The predicted molar refractivity (Wildman–Crippen MR) is 101 cm³/mol. The Morgan fingerprint density at radius 2 is 1.50 bits per heavy atom. The van der Waals surface area contributed by atoms with Gasteiger partial charge in [-0.2, -0.15) is 17.5 Å². The molecule has 4 nitrogen and oxygen atoms in total. The topological polar surface area (TPSA) is 40.6 Å². The summed E-state index contributed by atoms with van der Waals surface area (Å²) < 4.78 is 66.5. The van der Waals surface area contributed by atoms with Crippen LogP contribution in [0.4, 0.5) is 13.2 Å². The molecule has 1 saturated heterocycles. The van der Waals surface area contributed by atoms with E-state index in [0.29, 0.717) is 19.6 Å². The molecule has 0 saturated carbocycles. The number of hydrogen-bond acceptors (Lipinski definition) is 3. The normalized spacial score (nSPS) is 17.0. The van der Waals surface area contributed by atoms with Crippen molar-refractivity contribution in [3.05, 3.63) is 64.7 Å². The third kappa shape index (κ3) is 4.56. The highest BCUT2D eigenvalue weighted by Gasteiger charge is 2.39. The average molecular weight is 412 g/mol. The van der Waals surface area contributed by atoms with E-state index in [9.17, 15) is 21.6 Å². The largest absolute Gasteiger partial charge is 0.417 e. The van der Waals surface area contributed by atoms with E-state index in [-0.39, 0.29) is 13.1 Å². The lowest BCUT2D eigenvalue weighted by atomic mass is 10.1. The smallest absolute Gasteiger partial charge is 0.296 e. The summed E-state index contributed by atoms with van der Waals surface area (Å²) in [5.74, 6) is 0. The van der Waals surface area contributed by atoms with Gasteiger partial charge in [0.2, 0.25) is 10.0 Å². The maximum atomic E-state index is 13.2. The predicted octanol–water partition coefficient (Wildman–Crippen LogP) is 3.83. The van der Waals surface area contributed by atoms with Gasteiger partial charge in [0.25, 0.3) is 0 Å². The third-order valence-corrected chi connectivity index (χ3v) is 6.79. The van der Waals surface area contributed by atoms with Crippen molar-refractivity contribution in [2.24, 2.45) is 0 Å². The van der Waals surface area contributed by atoms with E-state index in [4.69, 9.17) is 0 Å². The molecule has 28 heavy (non-hydrogen) atoms. The van der Waals surface area contributed by atoms with Gasteiger partial charge in [-0.15, -0.1) is 0 Å². The molecule has 1 fully saturated rings. The average Bonchev–Trinajstić information content (AvgIpc) is 2.60. The second kappa shape index (κ2) is 7.85. The van der Waals surface area contributed by atoms with Gasteiger partial charge < -0.3 is 0 Å². The van der Waals surface area contributed by atoms with Crippen LogP contribution in [0, 0.1) is 13.8 Å². The number of nitrogens with zero attached hydrogens (tertiary/aromatic N) is 2. The zero-order chi connectivity index (χ0) is 20.5. The molecule has 152 valence electrons. The number of aryl methyl sites for hydroxylation is 2. The Hall–Kier alpha value is -1.90. The van der Waals surface area contributed by atoms with Crippen LogP contribution in [0.15, 0.2) is 47.4 Å². The molecular weight excluding hydrogens is 389 g/mol. The van der Waals surface area contributed by atoms with Crippen LogP contribution < -0.4 is 0 Å². The Kier molecular flexibility index (Phi) is 5.84. The van der Waals surface area contributed by atoms with E-state index in [2.05, 4.69) is 23.1 Å². The molecule has 3 rings (SSSR count). The number of alkyl halides is 3. The van der Waals surface area contributed by atoms with E-state index in [1.165, 1.54) is 23.3 Å². The first-order chi connectivity index (χ1) is 13.1. The van der Waals surface area contributed by atoms with Gasteiger partial charge in [0.05, 0.1) is 10.5 Å². The maximum absolute atomic E-state index is 13.2. The second-order valence-electron chi connectivity index (χ2n) is 7.17. The molecule has 8 heteroatoms. The summed E-state index contributed by atoms with van der Waals surface area (Å²) in [5.41, 5.74) is 2.36. The first kappa shape index (κ1) is 20.8. The molecule has 0 bridgehead atoms. The Morgan fingerprint density at radius 3 is 2.07 bits per heavy atom. The lowest BCUT2D eigenvalue weighted by Gasteiger charge is -2.34. The molecule has 0 amide bonds. The summed E-state index contributed by atoms with van der Waals surface area (Å²) in [6.07, 6.45) is -4.71. The van der Waals surface area contributed by atoms with Crippen molar-refractivity contribution < 1.29 is 21.6 Å². The van der Waals surface area contributed by atoms with Crippen LogP contribution in [0.1, 0.15) is 22.3 Å². The summed E-state index contributed by atoms with van der Waals surface area (Å²) in [5, 5.41) is 0. The van der Waals surface area contributed by atoms with Crippen LogP contribution in [0.25, 0.3) is 0 Å². The quantitative estimate of drug-likeness (QED) is 0.767. The minimum atomic E-state index is -4.71. The van der Waals surface area contributed by atoms with Gasteiger partial charge in [-0.1, -0.05) is 41.5 Å². The van der Waals surface area contributed by atoms with E-state index in [1.807, 2.05) is 13.8 Å². The summed E-state index contributed by atoms with van der Waals surface area (Å²) >= 11 is 0. The number of hydrogen-bond donors (Lipinski definition) is 0. The fourth-order valence-electron chi connectivity index (χ4n) is 3.61. The molecule has 1 aliphatic rings. The molecular formula is C20H23F3N2O2S. The first-order valence-electron chi connectivity index (χ1n) is 9.03. The second-order valence-corrected chi connectivity index (χ2v) is 9.08. The Labute approximate surface area is 163 Å². The highest BCUT2D eigenvalue weighted by molar-refractivity contribution is 7.89. The van der Waals surface area contributed by atoms with E-state index in [1.54, 1.807) is 0 Å². The van der Waals surface area contributed by atoms with Crippen molar-refractivity contribution in [3.63, 3.8) is 0 Å². The number of piperazine rings is 1. The number of sulfonamides is 1. The van der Waals surface area contributed by atoms with Gasteiger partial charge in [-0.25, -0.2) is 8.42 Å². The number of halogens is 3. The summed E-state index contributed by atoms with van der Waals surface area (Å²) in [6.45, 7) is 6.02. The van der Waals surface area contributed by atoms with E-state index < -0.39 is 26.7 Å². The third-order valence-electron chi connectivity index (χ3n) is 4.83. The minimum absolute atomic E-state index is 0.166. The van der Waals surface area contributed by atoms with Crippen molar-refractivity contribution >= 4 is 10.0 Å². The van der Waals surface area contributed by atoms with Gasteiger partial charge >= 0.3 is 6.18 Å². The van der Waals surface area contributed by atoms with E-state index in [0.717, 1.165) is 22.0 Å². The molecule has 0 unspecified atom stereocenters. The maximum Gasteiger partial charge on any atom is 0.417 e. The first-order valence-corrected chi connectivity index (χ1v) is 10.5. The molecule has 2 aromatic rings. The van der Waals surface area contributed by atoms with Crippen molar-refractivity contribution in [1.82, 2.24) is 9.21 Å². The van der Waals surface area contributed by atoms with Crippen LogP contribution >= 0.6 is 0 Å². The molecule has 0 aliphatic carbocycles. The lowest BCUT2D eigenvalue weighted by molar-refractivity contribution is -0.139. The van der Waals surface area contributed by atoms with Gasteiger partial charge in [0.15, 0.2) is 0 Å². The van der Waals surface area contributed by atoms with Crippen LogP contribution in [-0.2, 0) is 22.7 Å². The van der Waals surface area contributed by atoms with Gasteiger partial charge in [0, 0.05) is 32.7 Å². The molecule has 2 aromatic carbocycles. The summed E-state index contributed by atoms with van der Waals surface area (Å²) in [4.78, 5) is 1.45. The summed E-state index contributed by atoms with van der Waals surface area (Å²) in [7, 11) is -4.20. The highest BCUT2D eigenvalue weighted by atomic mass is 32.2. The lowest BCUT2D eigenvalue weighted by Crippen LogP contribution is -2.48. The Bertz CT molecular complexity index is 930. The van der Waals surface area contributed by atoms with Crippen LogP contribution in [0.5, 0.6) is 0 Å². The fourth-order valence-corrected chi connectivity index (χ4v) is 5.25. The van der Waals surface area contributed by atoms with Crippen LogP contribution in [0.3, 0.4) is 0 Å². The highest BCUT2D eigenvalue weighted by Crippen LogP contribution is 2.35. The van der Waals surface area contributed by atoms with Crippen LogP contribution in [0.2, 0.25) is 0 Å². The number of benzene rings is 2. The SMILES string of the molecule is Cc1cc(C)cc(CN2CCN(S(=O)(=O)c3ccccc3C(F)(F)F)CC2)c1. The zero-order valence-corrected chi connectivity index (χ0v) is 16.6. The fraction of sp³-hybridized carbons (Fsp3) is 0.400. The number of rotatable bonds is 4. The molecule has 0 aromatic heterocycles. The molecule has 1 aliphatic heterocycles. The monoisotopic (exact) mass is 412 g/mol. The summed E-state index contributed by atoms with van der Waals surface area (Å²) in [6, 6.07) is 10.6. The zero-order valence-electron chi connectivity index (χ0n) is 15.8. The molecule has 0 atom stereocenters. The van der Waals surface area contributed by atoms with Crippen molar-refractivity contribution in [2.45, 2.75) is 31.5 Å². The Morgan fingerprint density at radius 1 is 0.929 bits per heavy atom. The van der Waals surface area contributed by atoms with Crippen LogP contribution in [-0.4, -0.2) is 43.8 Å². The van der Waals surface area contributed by atoms with Crippen molar-refractivity contribution in [2.75, 3.05) is 26.2 Å². The van der Waals surface area contributed by atoms with Gasteiger partial charge in [0.1, 0.15) is 0 Å². The van der Waals surface area contributed by atoms with Crippen molar-refractivity contribution in [1.29, 1.82) is 0 Å². The minimum Gasteiger partial charge on any atom is -0.296 e. The van der Waals surface area contributed by atoms with E-state index >= 15 is 0 Å². The molecule has 0 spiro atoms. The molecule has 0 radical (unpaired) electrons. The van der Waals surface area contributed by atoms with Gasteiger partial charge in [-0.05, 0) is 31.5 Å². The molecule has 1 heterocycles. The standard InChI is InChI=1S/C20H23F3N2O2S/c1-15-11-16(2)13-17(12-15)14-24-7-9-25(10-8-24)28(26,27)19-6-4-3-5-18(19)20(21,22)23/h3-6,11-13H,7-10,14H2,1-2H3. The molecule has 0 N–H and O–H groups in total.